The molecule has 0 bridgehead atoms. The quantitative estimate of drug-likeness (QED) is 0.875. The normalized spacial score (nSPS) is 14.7. The first-order chi connectivity index (χ1) is 8.08. The maximum absolute atomic E-state index is 11.7. The van der Waals surface area contributed by atoms with Crippen LogP contribution in [0.15, 0.2) is 19.9 Å². The summed E-state index contributed by atoms with van der Waals surface area (Å²) in [6, 6.07) is 0. The van der Waals surface area contributed by atoms with Gasteiger partial charge in [-0.2, -0.15) is 5.10 Å². The van der Waals surface area contributed by atoms with Crippen molar-refractivity contribution in [3.8, 4) is 0 Å². The number of amides is 1. The van der Waals surface area contributed by atoms with Crippen molar-refractivity contribution in [1.82, 2.24) is 15.1 Å². The van der Waals surface area contributed by atoms with Gasteiger partial charge in [0.1, 0.15) is 11.0 Å². The van der Waals surface area contributed by atoms with E-state index in [-0.39, 0.29) is 18.0 Å². The molecule has 0 atom stereocenters. The fraction of sp³-hybridized carbons (Fsp3) is 0.500. The van der Waals surface area contributed by atoms with Crippen molar-refractivity contribution in [3.63, 3.8) is 0 Å². The zero-order chi connectivity index (χ0) is 12.4. The minimum absolute atomic E-state index is 0.0442. The summed E-state index contributed by atoms with van der Waals surface area (Å²) >= 11 is 6.32. The van der Waals surface area contributed by atoms with Crippen molar-refractivity contribution >= 4 is 37.8 Å². The van der Waals surface area contributed by atoms with Gasteiger partial charge in [0.2, 0.25) is 5.91 Å². The predicted molar refractivity (Wildman–Crippen MR) is 69.6 cm³/mol. The fourth-order valence-electron chi connectivity index (χ4n) is 1.33. The minimum atomic E-state index is -0.319. The molecule has 1 aliphatic carbocycles. The number of nitrogens with zero attached hydrogens (tertiary/aromatic N) is 2. The van der Waals surface area contributed by atoms with Crippen molar-refractivity contribution in [2.75, 3.05) is 6.54 Å². The number of rotatable bonds is 4. The lowest BCUT2D eigenvalue weighted by atomic mass is 10.4. The molecule has 92 valence electrons. The summed E-state index contributed by atoms with van der Waals surface area (Å²) < 4.78 is 2.09. The molecule has 0 unspecified atom stereocenters. The zero-order valence-corrected chi connectivity index (χ0v) is 12.1. The number of hydrogen-bond acceptors (Lipinski definition) is 3. The monoisotopic (exact) mass is 363 g/mol. The lowest BCUT2D eigenvalue weighted by Gasteiger charge is -2.06. The van der Waals surface area contributed by atoms with E-state index in [4.69, 9.17) is 0 Å². The van der Waals surface area contributed by atoms with Crippen LogP contribution in [0.2, 0.25) is 0 Å². The maximum Gasteiger partial charge on any atom is 0.282 e. The predicted octanol–water partition coefficient (Wildman–Crippen LogP) is 1.29. The van der Waals surface area contributed by atoms with Gasteiger partial charge >= 0.3 is 0 Å². The van der Waals surface area contributed by atoms with Gasteiger partial charge in [0, 0.05) is 6.54 Å². The van der Waals surface area contributed by atoms with Crippen LogP contribution >= 0.6 is 31.9 Å². The van der Waals surface area contributed by atoms with E-state index < -0.39 is 0 Å². The smallest absolute Gasteiger partial charge is 0.282 e. The number of nitrogens with one attached hydrogen (secondary N) is 1. The van der Waals surface area contributed by atoms with E-state index in [1.165, 1.54) is 19.0 Å². The van der Waals surface area contributed by atoms with Crippen LogP contribution in [0, 0.1) is 5.92 Å². The van der Waals surface area contributed by atoms with Gasteiger partial charge in [0.25, 0.3) is 5.56 Å². The Balaban J connectivity index is 2.00. The molecule has 0 saturated heterocycles. The molecule has 1 N–H and O–H groups in total. The van der Waals surface area contributed by atoms with Crippen molar-refractivity contribution in [2.24, 2.45) is 5.92 Å². The summed E-state index contributed by atoms with van der Waals surface area (Å²) in [4.78, 5) is 23.3. The first kappa shape index (κ1) is 12.8. The van der Waals surface area contributed by atoms with E-state index in [2.05, 4.69) is 42.3 Å². The standard InChI is InChI=1S/C10H11Br2N3O2/c11-7-4-14-15(10(17)9(7)12)5-8(16)13-3-6-1-2-6/h4,6H,1-3,5H2,(H,13,16). The third-order valence-corrected chi connectivity index (χ3v) is 4.42. The van der Waals surface area contributed by atoms with Gasteiger partial charge in [-0.25, -0.2) is 4.68 Å². The average molecular weight is 365 g/mol. The lowest BCUT2D eigenvalue weighted by Crippen LogP contribution is -2.34. The van der Waals surface area contributed by atoms with Crippen molar-refractivity contribution in [2.45, 2.75) is 19.4 Å². The maximum atomic E-state index is 11.7. The second kappa shape index (κ2) is 5.30. The molecule has 1 fully saturated rings. The molecule has 2 rings (SSSR count). The molecular weight excluding hydrogens is 354 g/mol. The van der Waals surface area contributed by atoms with E-state index in [0.29, 0.717) is 21.4 Å². The molecule has 17 heavy (non-hydrogen) atoms. The van der Waals surface area contributed by atoms with Crippen molar-refractivity contribution in [3.05, 3.63) is 25.5 Å². The Hall–Kier alpha value is -0.690. The third kappa shape index (κ3) is 3.38. The zero-order valence-electron chi connectivity index (χ0n) is 8.95. The van der Waals surface area contributed by atoms with E-state index in [1.807, 2.05) is 0 Å². The highest BCUT2D eigenvalue weighted by Crippen LogP contribution is 2.27. The summed E-state index contributed by atoms with van der Waals surface area (Å²) in [6.07, 6.45) is 3.85. The summed E-state index contributed by atoms with van der Waals surface area (Å²) in [6.45, 7) is 0.655. The van der Waals surface area contributed by atoms with Gasteiger partial charge in [0.15, 0.2) is 0 Å². The molecule has 1 heterocycles. The first-order valence-corrected chi connectivity index (χ1v) is 6.84. The largest absolute Gasteiger partial charge is 0.354 e. The van der Waals surface area contributed by atoms with Crippen LogP contribution < -0.4 is 10.9 Å². The van der Waals surface area contributed by atoms with E-state index >= 15 is 0 Å². The number of halogens is 2. The highest BCUT2D eigenvalue weighted by molar-refractivity contribution is 9.13. The molecule has 5 nitrogen and oxygen atoms in total. The molecule has 1 aromatic heterocycles. The Morgan fingerprint density at radius 1 is 1.53 bits per heavy atom. The Labute approximate surface area is 115 Å². The number of carbonyl (C=O) groups is 1. The minimum Gasteiger partial charge on any atom is -0.354 e. The number of hydrogen-bond donors (Lipinski definition) is 1. The highest BCUT2D eigenvalue weighted by atomic mass is 79.9. The van der Waals surface area contributed by atoms with Gasteiger partial charge in [0.05, 0.1) is 10.7 Å². The van der Waals surface area contributed by atoms with Gasteiger partial charge in [-0.15, -0.1) is 0 Å². The molecule has 7 heteroatoms. The summed E-state index contributed by atoms with van der Waals surface area (Å²) in [7, 11) is 0. The Bertz CT molecular complexity index is 497. The van der Waals surface area contributed by atoms with Crippen LogP contribution in [0.4, 0.5) is 0 Å². The van der Waals surface area contributed by atoms with Crippen molar-refractivity contribution < 1.29 is 4.79 Å². The van der Waals surface area contributed by atoms with Crippen LogP contribution in [0.3, 0.4) is 0 Å². The SMILES string of the molecule is O=C(Cn1ncc(Br)c(Br)c1=O)NCC1CC1. The molecule has 0 radical (unpaired) electrons. The summed E-state index contributed by atoms with van der Waals surface area (Å²) in [5, 5.41) is 6.68. The molecule has 1 aromatic rings. The fourth-order valence-corrected chi connectivity index (χ4v) is 1.90. The van der Waals surface area contributed by atoms with E-state index in [0.717, 1.165) is 4.68 Å². The van der Waals surface area contributed by atoms with Gasteiger partial charge < -0.3 is 5.32 Å². The molecule has 1 amide bonds. The second-order valence-corrected chi connectivity index (χ2v) is 5.66. The van der Waals surface area contributed by atoms with Crippen LogP contribution in [0.1, 0.15) is 12.8 Å². The third-order valence-electron chi connectivity index (χ3n) is 2.52. The second-order valence-electron chi connectivity index (χ2n) is 4.02. The van der Waals surface area contributed by atoms with Crippen LogP contribution in [0.25, 0.3) is 0 Å². The number of aromatic nitrogens is 2. The molecule has 0 spiro atoms. The molecule has 1 aliphatic rings. The van der Waals surface area contributed by atoms with Gasteiger partial charge in [-0.05, 0) is 50.6 Å². The molecule has 1 saturated carbocycles. The lowest BCUT2D eigenvalue weighted by molar-refractivity contribution is -0.122. The van der Waals surface area contributed by atoms with E-state index in [9.17, 15) is 9.59 Å². The highest BCUT2D eigenvalue weighted by Gasteiger charge is 2.21. The van der Waals surface area contributed by atoms with Gasteiger partial charge in [-0.1, -0.05) is 0 Å². The molecule has 0 aromatic carbocycles. The summed E-state index contributed by atoms with van der Waals surface area (Å²) in [5.41, 5.74) is -0.319. The molecule has 0 aliphatic heterocycles. The number of carbonyl (C=O) groups excluding carboxylic acids is 1. The Kier molecular flexibility index (Phi) is 3.98. The van der Waals surface area contributed by atoms with E-state index in [1.54, 1.807) is 0 Å². The summed E-state index contributed by atoms with van der Waals surface area (Å²) in [5.74, 6) is 0.445. The van der Waals surface area contributed by atoms with Crippen LogP contribution in [0.5, 0.6) is 0 Å². The topological polar surface area (TPSA) is 64.0 Å². The van der Waals surface area contributed by atoms with Crippen LogP contribution in [-0.2, 0) is 11.3 Å². The Morgan fingerprint density at radius 2 is 2.24 bits per heavy atom. The van der Waals surface area contributed by atoms with Crippen molar-refractivity contribution in [1.29, 1.82) is 0 Å². The average Bonchev–Trinajstić information content (AvgIpc) is 3.11. The first-order valence-electron chi connectivity index (χ1n) is 5.25. The van der Waals surface area contributed by atoms with Crippen LogP contribution in [-0.4, -0.2) is 22.2 Å². The molecular formula is C10H11Br2N3O2. The Morgan fingerprint density at radius 3 is 2.88 bits per heavy atom. The van der Waals surface area contributed by atoms with Gasteiger partial charge in [-0.3, -0.25) is 9.59 Å².